The first-order chi connectivity index (χ1) is 9.19. The monoisotopic (exact) mass is 318 g/mol. The molecule has 112 valence electrons. The van der Waals surface area contributed by atoms with Crippen molar-refractivity contribution in [2.45, 2.75) is 6.92 Å². The molecular formula is C12H18N2O4S2. The zero-order valence-corrected chi connectivity index (χ0v) is 13.0. The van der Waals surface area contributed by atoms with Crippen LogP contribution in [-0.4, -0.2) is 42.0 Å². The second-order valence-corrected chi connectivity index (χ2v) is 8.34. The number of nitrogens with two attached hydrogens (primary N) is 1. The van der Waals surface area contributed by atoms with Crippen molar-refractivity contribution in [1.29, 1.82) is 0 Å². The predicted molar refractivity (Wildman–Crippen MR) is 81.8 cm³/mol. The van der Waals surface area contributed by atoms with Gasteiger partial charge in [0.05, 0.1) is 17.1 Å². The Morgan fingerprint density at radius 2 is 2.05 bits per heavy atom. The van der Waals surface area contributed by atoms with Crippen molar-refractivity contribution in [3.63, 3.8) is 0 Å². The molecule has 0 spiro atoms. The van der Waals surface area contributed by atoms with Crippen molar-refractivity contribution in [2.75, 3.05) is 34.6 Å². The first-order valence-electron chi connectivity index (χ1n) is 5.86. The van der Waals surface area contributed by atoms with E-state index in [1.165, 1.54) is 0 Å². The zero-order chi connectivity index (χ0) is 15.3. The van der Waals surface area contributed by atoms with Gasteiger partial charge in [-0.15, -0.1) is 0 Å². The molecule has 0 saturated carbocycles. The molecule has 0 heterocycles. The van der Waals surface area contributed by atoms with E-state index >= 15 is 0 Å². The van der Waals surface area contributed by atoms with Gasteiger partial charge in [0.25, 0.3) is 0 Å². The molecule has 6 nitrogen and oxygen atoms in total. The summed E-state index contributed by atoms with van der Waals surface area (Å²) in [6.07, 6.45) is 1.07. The van der Waals surface area contributed by atoms with E-state index in [0.717, 1.165) is 11.8 Å². The Labute approximate surface area is 121 Å². The van der Waals surface area contributed by atoms with Crippen LogP contribution >= 0.6 is 0 Å². The van der Waals surface area contributed by atoms with Crippen molar-refractivity contribution in [1.82, 2.24) is 0 Å². The second-order valence-electron chi connectivity index (χ2n) is 4.51. The van der Waals surface area contributed by atoms with Crippen LogP contribution in [0.15, 0.2) is 18.2 Å². The van der Waals surface area contributed by atoms with Crippen molar-refractivity contribution >= 4 is 37.9 Å². The van der Waals surface area contributed by atoms with Crippen LogP contribution in [0.1, 0.15) is 5.56 Å². The number of hydrogen-bond donors (Lipinski definition) is 2. The van der Waals surface area contributed by atoms with E-state index in [0.29, 0.717) is 11.4 Å². The average Bonchev–Trinajstić information content (AvgIpc) is 2.31. The molecule has 1 amide bonds. The Hall–Kier alpha value is -1.41. The molecule has 1 aromatic rings. The summed E-state index contributed by atoms with van der Waals surface area (Å²) in [6, 6.07) is 5.22. The maximum absolute atomic E-state index is 11.7. The molecule has 1 unspecified atom stereocenters. The molecule has 0 aliphatic carbocycles. The Bertz CT molecular complexity index is 606. The van der Waals surface area contributed by atoms with Crippen LogP contribution in [-0.2, 0) is 25.4 Å². The average molecular weight is 318 g/mol. The third-order valence-corrected chi connectivity index (χ3v) is 4.99. The SMILES string of the molecule is Cc1cccc(N)c1NC(=O)CS(=O)CCS(C)(=O)=O. The Kier molecular flexibility index (Phi) is 5.70. The lowest BCUT2D eigenvalue weighted by atomic mass is 10.1. The molecule has 20 heavy (non-hydrogen) atoms. The number of hydrogen-bond acceptors (Lipinski definition) is 5. The molecule has 0 aliphatic heterocycles. The molecule has 0 radical (unpaired) electrons. The fourth-order valence-corrected chi connectivity index (χ4v) is 3.96. The maximum Gasteiger partial charge on any atom is 0.237 e. The first kappa shape index (κ1) is 16.6. The number of anilines is 2. The second kappa shape index (κ2) is 6.85. The molecule has 0 fully saturated rings. The van der Waals surface area contributed by atoms with Gasteiger partial charge in [0.15, 0.2) is 0 Å². The van der Waals surface area contributed by atoms with Gasteiger partial charge in [0.2, 0.25) is 5.91 Å². The quantitative estimate of drug-likeness (QED) is 0.734. The van der Waals surface area contributed by atoms with Crippen LogP contribution in [0.25, 0.3) is 0 Å². The van der Waals surface area contributed by atoms with Crippen LogP contribution < -0.4 is 11.1 Å². The highest BCUT2D eigenvalue weighted by molar-refractivity contribution is 7.92. The number of carbonyl (C=O) groups is 1. The fraction of sp³-hybridized carbons (Fsp3) is 0.417. The number of sulfone groups is 1. The van der Waals surface area contributed by atoms with Crippen molar-refractivity contribution in [3.05, 3.63) is 23.8 Å². The van der Waals surface area contributed by atoms with Crippen LogP contribution in [0.2, 0.25) is 0 Å². The summed E-state index contributed by atoms with van der Waals surface area (Å²) in [5.74, 6) is -0.934. The minimum absolute atomic E-state index is 0.0461. The Morgan fingerprint density at radius 1 is 1.40 bits per heavy atom. The van der Waals surface area contributed by atoms with Gasteiger partial charge < -0.3 is 11.1 Å². The van der Waals surface area contributed by atoms with Gasteiger partial charge in [0.1, 0.15) is 15.6 Å². The van der Waals surface area contributed by atoms with Crippen molar-refractivity contribution in [3.8, 4) is 0 Å². The first-order valence-corrected chi connectivity index (χ1v) is 9.41. The van der Waals surface area contributed by atoms with E-state index in [1.807, 2.05) is 0 Å². The number of para-hydroxylation sites is 1. The van der Waals surface area contributed by atoms with E-state index in [-0.39, 0.29) is 17.3 Å². The molecule has 0 aliphatic rings. The van der Waals surface area contributed by atoms with Gasteiger partial charge in [-0.3, -0.25) is 9.00 Å². The molecular weight excluding hydrogens is 300 g/mol. The lowest BCUT2D eigenvalue weighted by molar-refractivity contribution is -0.113. The molecule has 0 aromatic heterocycles. The molecule has 8 heteroatoms. The van der Waals surface area contributed by atoms with E-state index in [1.54, 1.807) is 25.1 Å². The van der Waals surface area contributed by atoms with E-state index in [2.05, 4.69) is 5.32 Å². The third-order valence-electron chi connectivity index (χ3n) is 2.54. The Morgan fingerprint density at radius 3 is 2.60 bits per heavy atom. The third kappa shape index (κ3) is 5.70. The van der Waals surface area contributed by atoms with Gasteiger partial charge in [-0.05, 0) is 18.6 Å². The molecule has 3 N–H and O–H groups in total. The fourth-order valence-electron chi connectivity index (χ4n) is 1.50. The normalized spacial score (nSPS) is 12.9. The van der Waals surface area contributed by atoms with Gasteiger partial charge in [-0.1, -0.05) is 12.1 Å². The van der Waals surface area contributed by atoms with Crippen LogP contribution in [0.5, 0.6) is 0 Å². The number of nitrogens with one attached hydrogen (secondary N) is 1. The number of rotatable bonds is 6. The van der Waals surface area contributed by atoms with Gasteiger partial charge >= 0.3 is 0 Å². The van der Waals surface area contributed by atoms with Gasteiger partial charge in [-0.25, -0.2) is 8.42 Å². The standard InChI is InChI=1S/C12H18N2O4S2/c1-9-4-3-5-10(13)12(9)14-11(15)8-19(16)6-7-20(2,17)18/h3-5H,6-8,13H2,1-2H3,(H,14,15). The molecule has 0 bridgehead atoms. The molecule has 1 aromatic carbocycles. The number of nitrogen functional groups attached to an aromatic ring is 1. The van der Waals surface area contributed by atoms with Crippen LogP contribution in [0.3, 0.4) is 0 Å². The van der Waals surface area contributed by atoms with Gasteiger partial charge in [-0.2, -0.15) is 0 Å². The predicted octanol–water partition coefficient (Wildman–Crippen LogP) is 0.309. The summed E-state index contributed by atoms with van der Waals surface area (Å²) >= 11 is 0. The van der Waals surface area contributed by atoms with Crippen LogP contribution in [0, 0.1) is 6.92 Å². The van der Waals surface area contributed by atoms with Crippen molar-refractivity contribution < 1.29 is 17.4 Å². The topological polar surface area (TPSA) is 106 Å². The lowest BCUT2D eigenvalue weighted by Gasteiger charge is -2.10. The molecule has 1 rings (SSSR count). The largest absolute Gasteiger partial charge is 0.397 e. The number of aryl methyl sites for hydroxylation is 1. The number of amides is 1. The molecule has 1 atom stereocenters. The smallest absolute Gasteiger partial charge is 0.237 e. The van der Waals surface area contributed by atoms with E-state index in [4.69, 9.17) is 5.73 Å². The summed E-state index contributed by atoms with van der Waals surface area (Å²) in [5.41, 5.74) is 7.48. The summed E-state index contributed by atoms with van der Waals surface area (Å²) in [6.45, 7) is 1.80. The summed E-state index contributed by atoms with van der Waals surface area (Å²) in [7, 11) is -4.69. The van der Waals surface area contributed by atoms with Crippen LogP contribution in [0.4, 0.5) is 11.4 Å². The highest BCUT2D eigenvalue weighted by atomic mass is 32.2. The molecule has 0 saturated heterocycles. The lowest BCUT2D eigenvalue weighted by Crippen LogP contribution is -2.23. The maximum atomic E-state index is 11.7. The number of carbonyl (C=O) groups excluding carboxylic acids is 1. The van der Waals surface area contributed by atoms with Gasteiger partial charge in [0, 0.05) is 22.8 Å². The van der Waals surface area contributed by atoms with Crippen molar-refractivity contribution in [2.24, 2.45) is 0 Å². The highest BCUT2D eigenvalue weighted by Crippen LogP contribution is 2.22. The summed E-state index contributed by atoms with van der Waals surface area (Å²) < 4.78 is 33.5. The summed E-state index contributed by atoms with van der Waals surface area (Å²) in [5, 5.41) is 2.60. The van der Waals surface area contributed by atoms with E-state index < -0.39 is 26.5 Å². The minimum atomic E-state index is -3.17. The van der Waals surface area contributed by atoms with E-state index in [9.17, 15) is 17.4 Å². The number of benzene rings is 1. The zero-order valence-electron chi connectivity index (χ0n) is 11.4. The highest BCUT2D eigenvalue weighted by Gasteiger charge is 2.13. The minimum Gasteiger partial charge on any atom is -0.397 e. The summed E-state index contributed by atoms with van der Waals surface area (Å²) in [4.78, 5) is 11.7. The Balaban J connectivity index is 2.58.